The highest BCUT2D eigenvalue weighted by Gasteiger charge is 2.29. The maximum absolute atomic E-state index is 5.74. The molecule has 2 aromatic rings. The standard InChI is InChI=1S/C21H24O2/c1-14-7-9-17-12-16(8-10-18(14)17)13-22-23-21-11-15(2)19-5-3-4-6-20(19)21/h3-6,8,10,12,14-15,21H,7,9,11,13H2,1-2H3. The lowest BCUT2D eigenvalue weighted by atomic mass is 10.0. The fourth-order valence-electron chi connectivity index (χ4n) is 4.08. The summed E-state index contributed by atoms with van der Waals surface area (Å²) in [4.78, 5) is 11.3. The number of hydrogen-bond donors (Lipinski definition) is 0. The highest BCUT2D eigenvalue weighted by molar-refractivity contribution is 5.38. The van der Waals surface area contributed by atoms with Crippen molar-refractivity contribution in [3.63, 3.8) is 0 Å². The van der Waals surface area contributed by atoms with Gasteiger partial charge in [0.05, 0.1) is 0 Å². The quantitative estimate of drug-likeness (QED) is 0.553. The van der Waals surface area contributed by atoms with Crippen molar-refractivity contribution in [2.75, 3.05) is 0 Å². The number of aryl methyl sites for hydroxylation is 1. The predicted molar refractivity (Wildman–Crippen MR) is 91.3 cm³/mol. The van der Waals surface area contributed by atoms with E-state index in [1.807, 2.05) is 0 Å². The second-order valence-corrected chi connectivity index (χ2v) is 7.09. The smallest absolute Gasteiger partial charge is 0.119 e. The third kappa shape index (κ3) is 2.82. The van der Waals surface area contributed by atoms with Gasteiger partial charge < -0.3 is 0 Å². The van der Waals surface area contributed by atoms with Crippen LogP contribution >= 0.6 is 0 Å². The average Bonchev–Trinajstić information content (AvgIpc) is 3.09. The van der Waals surface area contributed by atoms with E-state index < -0.39 is 0 Å². The summed E-state index contributed by atoms with van der Waals surface area (Å²) in [6.07, 6.45) is 3.53. The molecular weight excluding hydrogens is 284 g/mol. The van der Waals surface area contributed by atoms with E-state index in [1.165, 1.54) is 40.7 Å². The molecule has 2 nitrogen and oxygen atoms in total. The van der Waals surface area contributed by atoms with Crippen molar-refractivity contribution in [2.45, 2.75) is 57.7 Å². The van der Waals surface area contributed by atoms with Crippen molar-refractivity contribution in [3.8, 4) is 0 Å². The van der Waals surface area contributed by atoms with E-state index >= 15 is 0 Å². The first-order chi connectivity index (χ1) is 11.2. The second kappa shape index (κ2) is 6.10. The van der Waals surface area contributed by atoms with Crippen molar-refractivity contribution in [2.24, 2.45) is 0 Å². The molecule has 2 aliphatic carbocycles. The lowest BCUT2D eigenvalue weighted by Crippen LogP contribution is -2.02. The third-order valence-corrected chi connectivity index (χ3v) is 5.44. The molecule has 3 atom stereocenters. The molecule has 0 aromatic heterocycles. The summed E-state index contributed by atoms with van der Waals surface area (Å²) >= 11 is 0. The molecule has 0 N–H and O–H groups in total. The van der Waals surface area contributed by atoms with Crippen LogP contribution in [0.2, 0.25) is 0 Å². The van der Waals surface area contributed by atoms with Crippen LogP contribution in [0.3, 0.4) is 0 Å². The van der Waals surface area contributed by atoms with Crippen LogP contribution in [0, 0.1) is 0 Å². The third-order valence-electron chi connectivity index (χ3n) is 5.44. The van der Waals surface area contributed by atoms with Gasteiger partial charge in [-0.1, -0.05) is 56.3 Å². The zero-order valence-corrected chi connectivity index (χ0v) is 13.9. The summed E-state index contributed by atoms with van der Waals surface area (Å²) in [5.41, 5.74) is 6.87. The molecule has 0 amide bonds. The van der Waals surface area contributed by atoms with Crippen LogP contribution in [0.1, 0.15) is 72.4 Å². The van der Waals surface area contributed by atoms with Gasteiger partial charge in [0.1, 0.15) is 12.7 Å². The monoisotopic (exact) mass is 308 g/mol. The van der Waals surface area contributed by atoms with Crippen LogP contribution in [-0.4, -0.2) is 0 Å². The molecule has 0 heterocycles. The van der Waals surface area contributed by atoms with Gasteiger partial charge in [0.15, 0.2) is 0 Å². The summed E-state index contributed by atoms with van der Waals surface area (Å²) in [6.45, 7) is 5.09. The van der Waals surface area contributed by atoms with Crippen molar-refractivity contribution in [3.05, 3.63) is 70.3 Å². The molecular formula is C21H24O2. The van der Waals surface area contributed by atoms with Crippen molar-refractivity contribution in [1.82, 2.24) is 0 Å². The number of rotatable bonds is 4. The Morgan fingerprint density at radius 3 is 2.65 bits per heavy atom. The predicted octanol–water partition coefficient (Wildman–Crippen LogP) is 5.43. The first-order valence-electron chi connectivity index (χ1n) is 8.71. The molecule has 2 aromatic carbocycles. The van der Waals surface area contributed by atoms with E-state index in [2.05, 4.69) is 56.3 Å². The zero-order chi connectivity index (χ0) is 15.8. The van der Waals surface area contributed by atoms with E-state index in [0.29, 0.717) is 18.4 Å². The Morgan fingerprint density at radius 2 is 1.78 bits per heavy atom. The number of hydrogen-bond acceptors (Lipinski definition) is 2. The van der Waals surface area contributed by atoms with Crippen LogP contribution in [0.25, 0.3) is 0 Å². The highest BCUT2D eigenvalue weighted by Crippen LogP contribution is 2.42. The molecule has 2 aliphatic rings. The Labute approximate surface area is 138 Å². The Kier molecular flexibility index (Phi) is 3.96. The van der Waals surface area contributed by atoms with E-state index in [9.17, 15) is 0 Å². The molecule has 0 radical (unpaired) electrons. The summed E-state index contributed by atoms with van der Waals surface area (Å²) in [7, 11) is 0. The van der Waals surface area contributed by atoms with Crippen LogP contribution in [-0.2, 0) is 22.8 Å². The van der Waals surface area contributed by atoms with Crippen LogP contribution in [0.5, 0.6) is 0 Å². The minimum absolute atomic E-state index is 0.0654. The van der Waals surface area contributed by atoms with Gasteiger partial charge in [-0.2, -0.15) is 0 Å². The molecule has 0 saturated carbocycles. The van der Waals surface area contributed by atoms with Gasteiger partial charge in [-0.25, -0.2) is 9.78 Å². The van der Waals surface area contributed by atoms with Crippen molar-refractivity contribution < 1.29 is 9.78 Å². The van der Waals surface area contributed by atoms with Gasteiger partial charge in [0, 0.05) is 0 Å². The number of fused-ring (bicyclic) bond motifs is 2. The molecule has 0 aliphatic heterocycles. The maximum Gasteiger partial charge on any atom is 0.119 e. The van der Waals surface area contributed by atoms with Gasteiger partial charge in [0.25, 0.3) is 0 Å². The van der Waals surface area contributed by atoms with E-state index in [1.54, 1.807) is 0 Å². The molecule has 4 rings (SSSR count). The lowest BCUT2D eigenvalue weighted by molar-refractivity contribution is -0.336. The fourth-order valence-corrected chi connectivity index (χ4v) is 4.08. The molecule has 0 fully saturated rings. The SMILES string of the molecule is CC1CCc2cc(COOC3CC(C)c4ccccc43)ccc21. The summed E-state index contributed by atoms with van der Waals surface area (Å²) in [5, 5.41) is 0. The molecule has 0 spiro atoms. The number of benzene rings is 2. The lowest BCUT2D eigenvalue weighted by Gasteiger charge is -2.13. The Bertz CT molecular complexity index is 707. The molecule has 0 saturated heterocycles. The van der Waals surface area contributed by atoms with E-state index in [-0.39, 0.29) is 6.10 Å². The summed E-state index contributed by atoms with van der Waals surface area (Å²) in [5.74, 6) is 1.24. The maximum atomic E-state index is 5.74. The Morgan fingerprint density at radius 1 is 0.957 bits per heavy atom. The first-order valence-corrected chi connectivity index (χ1v) is 8.71. The summed E-state index contributed by atoms with van der Waals surface area (Å²) < 4.78 is 0. The van der Waals surface area contributed by atoms with Crippen LogP contribution in [0.4, 0.5) is 0 Å². The molecule has 3 unspecified atom stereocenters. The minimum Gasteiger partial charge on any atom is -0.231 e. The van der Waals surface area contributed by atoms with Gasteiger partial charge in [0.2, 0.25) is 0 Å². The van der Waals surface area contributed by atoms with Gasteiger partial charge in [-0.05, 0) is 58.9 Å². The van der Waals surface area contributed by atoms with Gasteiger partial charge >= 0.3 is 0 Å². The molecule has 23 heavy (non-hydrogen) atoms. The van der Waals surface area contributed by atoms with Crippen molar-refractivity contribution in [1.29, 1.82) is 0 Å². The van der Waals surface area contributed by atoms with Crippen molar-refractivity contribution >= 4 is 0 Å². The fraction of sp³-hybridized carbons (Fsp3) is 0.429. The van der Waals surface area contributed by atoms with Crippen LogP contribution in [0.15, 0.2) is 42.5 Å². The Hall–Kier alpha value is -1.64. The largest absolute Gasteiger partial charge is 0.231 e. The molecule has 2 heteroatoms. The minimum atomic E-state index is 0.0654. The first kappa shape index (κ1) is 14.9. The zero-order valence-electron chi connectivity index (χ0n) is 13.9. The normalized spacial score (nSPS) is 25.4. The topological polar surface area (TPSA) is 18.5 Å². The summed E-state index contributed by atoms with van der Waals surface area (Å²) in [6, 6.07) is 15.3. The Balaban J connectivity index is 1.38. The van der Waals surface area contributed by atoms with Gasteiger partial charge in [-0.15, -0.1) is 0 Å². The molecule has 0 bridgehead atoms. The molecule has 120 valence electrons. The second-order valence-electron chi connectivity index (χ2n) is 7.09. The highest BCUT2D eigenvalue weighted by atomic mass is 17.2. The van der Waals surface area contributed by atoms with E-state index in [4.69, 9.17) is 9.78 Å². The van der Waals surface area contributed by atoms with E-state index in [0.717, 1.165) is 6.42 Å². The average molecular weight is 308 g/mol. The van der Waals surface area contributed by atoms with Gasteiger partial charge in [-0.3, -0.25) is 0 Å². The van der Waals surface area contributed by atoms with Crippen LogP contribution < -0.4 is 0 Å².